The monoisotopic (exact) mass is 334 g/mol. The molecule has 7 heteroatoms. The van der Waals surface area contributed by atoms with Crippen LogP contribution in [0.4, 0.5) is 14.9 Å². The minimum atomic E-state index is -0.649. The molecule has 1 aliphatic heterocycles. The summed E-state index contributed by atoms with van der Waals surface area (Å²) in [5, 5.41) is 2.58. The summed E-state index contributed by atoms with van der Waals surface area (Å²) in [6.07, 6.45) is 1.22. The van der Waals surface area contributed by atoms with Gasteiger partial charge in [0.2, 0.25) is 5.91 Å². The number of benzene rings is 1. The molecule has 0 unspecified atom stereocenters. The van der Waals surface area contributed by atoms with Crippen LogP contribution in [0, 0.1) is 5.82 Å². The van der Waals surface area contributed by atoms with Gasteiger partial charge in [0.1, 0.15) is 6.10 Å². The minimum Gasteiger partial charge on any atom is -0.442 e. The molecule has 0 radical (unpaired) electrons. The minimum absolute atomic E-state index is 0.0551. The third-order valence-corrected chi connectivity index (χ3v) is 4.35. The van der Waals surface area contributed by atoms with E-state index in [9.17, 15) is 18.8 Å². The first-order valence-corrected chi connectivity index (χ1v) is 8.04. The topological polar surface area (TPSA) is 75.7 Å². The molecule has 1 fully saturated rings. The van der Waals surface area contributed by atoms with Gasteiger partial charge in [-0.15, -0.1) is 0 Å². The maximum absolute atomic E-state index is 14.9. The van der Waals surface area contributed by atoms with Gasteiger partial charge in [-0.05, 0) is 31.4 Å². The smallest absolute Gasteiger partial charge is 0.414 e. The summed E-state index contributed by atoms with van der Waals surface area (Å²) < 4.78 is 20.1. The molecule has 1 aromatic rings. The van der Waals surface area contributed by atoms with E-state index >= 15 is 0 Å². The van der Waals surface area contributed by atoms with Crippen molar-refractivity contribution < 1.29 is 23.5 Å². The number of ketones is 1. The maximum Gasteiger partial charge on any atom is 0.414 e. The van der Waals surface area contributed by atoms with Crippen LogP contribution >= 0.6 is 0 Å². The zero-order valence-electron chi connectivity index (χ0n) is 13.4. The van der Waals surface area contributed by atoms with Crippen molar-refractivity contribution in [1.82, 2.24) is 5.32 Å². The van der Waals surface area contributed by atoms with Crippen molar-refractivity contribution in [3.63, 3.8) is 0 Å². The van der Waals surface area contributed by atoms with Gasteiger partial charge in [0.15, 0.2) is 11.6 Å². The Hall–Kier alpha value is -2.44. The van der Waals surface area contributed by atoms with Crippen molar-refractivity contribution in [2.75, 3.05) is 18.0 Å². The molecule has 1 aromatic carbocycles. The summed E-state index contributed by atoms with van der Waals surface area (Å²) >= 11 is 0. The first-order chi connectivity index (χ1) is 11.5. The number of Topliss-reactive ketones (excluding diaryl/α,β-unsaturated/α-hetero) is 1. The van der Waals surface area contributed by atoms with Gasteiger partial charge in [-0.3, -0.25) is 14.5 Å². The number of hydrogen-bond donors (Lipinski definition) is 1. The van der Waals surface area contributed by atoms with E-state index < -0.39 is 18.0 Å². The number of fused-ring (bicyclic) bond motifs is 1. The Labute approximate surface area is 139 Å². The van der Waals surface area contributed by atoms with Crippen LogP contribution in [0.3, 0.4) is 0 Å². The van der Waals surface area contributed by atoms with E-state index in [1.165, 1.54) is 17.9 Å². The fourth-order valence-corrected chi connectivity index (χ4v) is 3.13. The van der Waals surface area contributed by atoms with Crippen LogP contribution < -0.4 is 10.2 Å². The molecule has 128 valence electrons. The molecule has 1 N–H and O–H groups in total. The van der Waals surface area contributed by atoms with Gasteiger partial charge in [-0.1, -0.05) is 0 Å². The van der Waals surface area contributed by atoms with Crippen molar-refractivity contribution in [1.29, 1.82) is 0 Å². The van der Waals surface area contributed by atoms with Crippen molar-refractivity contribution in [2.45, 2.75) is 38.7 Å². The quantitative estimate of drug-likeness (QED) is 0.860. The second-order valence-electron chi connectivity index (χ2n) is 6.11. The van der Waals surface area contributed by atoms with Gasteiger partial charge in [0.05, 0.1) is 18.8 Å². The number of rotatable bonds is 3. The lowest BCUT2D eigenvalue weighted by atomic mass is 10.00. The molecule has 1 aliphatic carbocycles. The molecule has 0 spiro atoms. The van der Waals surface area contributed by atoms with Crippen LogP contribution in [0.1, 0.15) is 42.1 Å². The Bertz CT molecular complexity index is 704. The molecule has 1 atom stereocenters. The van der Waals surface area contributed by atoms with Crippen LogP contribution in [-0.4, -0.2) is 37.0 Å². The lowest BCUT2D eigenvalue weighted by molar-refractivity contribution is -0.119. The van der Waals surface area contributed by atoms with Crippen LogP contribution in [0.2, 0.25) is 0 Å². The van der Waals surface area contributed by atoms with Gasteiger partial charge in [0.25, 0.3) is 0 Å². The molecule has 24 heavy (non-hydrogen) atoms. The van der Waals surface area contributed by atoms with Crippen molar-refractivity contribution in [2.24, 2.45) is 0 Å². The molecular formula is C17H19FN2O4. The lowest BCUT2D eigenvalue weighted by Gasteiger charge is -2.17. The van der Waals surface area contributed by atoms with Crippen LogP contribution in [0.25, 0.3) is 0 Å². The van der Waals surface area contributed by atoms with Crippen molar-refractivity contribution in [3.8, 4) is 0 Å². The van der Waals surface area contributed by atoms with E-state index in [0.717, 1.165) is 12.8 Å². The number of carbonyl (C=O) groups excluding carboxylic acids is 3. The summed E-state index contributed by atoms with van der Waals surface area (Å²) in [7, 11) is 0. The molecular weight excluding hydrogens is 315 g/mol. The predicted molar refractivity (Wildman–Crippen MR) is 84.6 cm³/mol. The van der Waals surface area contributed by atoms with E-state index in [4.69, 9.17) is 4.74 Å². The average Bonchev–Trinajstić information content (AvgIpc) is 2.79. The first kappa shape index (κ1) is 16.4. The van der Waals surface area contributed by atoms with E-state index in [2.05, 4.69) is 5.32 Å². The predicted octanol–water partition coefficient (Wildman–Crippen LogP) is 2.20. The van der Waals surface area contributed by atoms with Gasteiger partial charge < -0.3 is 10.1 Å². The number of amides is 2. The average molecular weight is 334 g/mol. The van der Waals surface area contributed by atoms with Gasteiger partial charge in [-0.25, -0.2) is 9.18 Å². The number of nitrogens with zero attached hydrogens (tertiary/aromatic N) is 1. The van der Waals surface area contributed by atoms with Crippen LogP contribution in [0.5, 0.6) is 0 Å². The zero-order chi connectivity index (χ0) is 17.3. The summed E-state index contributed by atoms with van der Waals surface area (Å²) in [5.74, 6) is -0.806. The highest BCUT2D eigenvalue weighted by atomic mass is 19.1. The van der Waals surface area contributed by atoms with Gasteiger partial charge >= 0.3 is 6.09 Å². The highest BCUT2D eigenvalue weighted by Gasteiger charge is 2.35. The molecule has 1 saturated heterocycles. The maximum atomic E-state index is 14.9. The van der Waals surface area contributed by atoms with Gasteiger partial charge in [-0.2, -0.15) is 0 Å². The highest BCUT2D eigenvalue weighted by Crippen LogP contribution is 2.32. The van der Waals surface area contributed by atoms with Crippen molar-refractivity contribution >= 4 is 23.5 Å². The standard InChI is InChI=1S/C17H19FN2O4/c1-10(21)19-8-11-9-20(17(23)24-11)14-7-6-12-13(16(14)18)4-2-3-5-15(12)22/h6-7,11H,2-5,8-9H2,1H3,(H,19,21)/t11-/m0/s1. The first-order valence-electron chi connectivity index (χ1n) is 8.04. The molecule has 3 rings (SSSR count). The largest absolute Gasteiger partial charge is 0.442 e. The zero-order valence-corrected chi connectivity index (χ0v) is 13.4. The van der Waals surface area contributed by atoms with Crippen molar-refractivity contribution in [3.05, 3.63) is 29.1 Å². The molecule has 2 amide bonds. The number of cyclic esters (lactones) is 1. The van der Waals surface area contributed by atoms with Crippen LogP contribution in [-0.2, 0) is 16.0 Å². The molecule has 1 heterocycles. The third kappa shape index (κ3) is 3.11. The number of nitrogens with one attached hydrogen (secondary N) is 1. The van der Waals surface area contributed by atoms with Gasteiger partial charge in [0, 0.05) is 24.5 Å². The second kappa shape index (κ2) is 6.59. The molecule has 2 aliphatic rings. The van der Waals surface area contributed by atoms with E-state index in [1.807, 2.05) is 0 Å². The fraction of sp³-hybridized carbons (Fsp3) is 0.471. The lowest BCUT2D eigenvalue weighted by Crippen LogP contribution is -2.33. The number of halogens is 1. The molecule has 0 saturated carbocycles. The molecule has 0 aromatic heterocycles. The SMILES string of the molecule is CC(=O)NC[C@H]1CN(c2ccc3c(c2F)CCCCC3=O)C(=O)O1. The summed E-state index contributed by atoms with van der Waals surface area (Å²) in [4.78, 5) is 36.3. The summed E-state index contributed by atoms with van der Waals surface area (Å²) in [6, 6.07) is 3.05. The highest BCUT2D eigenvalue weighted by molar-refractivity contribution is 5.99. The number of carbonyl (C=O) groups is 3. The Morgan fingerprint density at radius 1 is 1.33 bits per heavy atom. The Balaban J connectivity index is 1.85. The number of hydrogen-bond acceptors (Lipinski definition) is 4. The Kier molecular flexibility index (Phi) is 4.51. The summed E-state index contributed by atoms with van der Waals surface area (Å²) in [6.45, 7) is 1.71. The van der Waals surface area contributed by atoms with E-state index in [0.29, 0.717) is 24.0 Å². The number of anilines is 1. The third-order valence-electron chi connectivity index (χ3n) is 4.35. The Morgan fingerprint density at radius 3 is 2.83 bits per heavy atom. The van der Waals surface area contributed by atoms with Crippen LogP contribution in [0.15, 0.2) is 12.1 Å². The normalized spacial score (nSPS) is 20.4. The van der Waals surface area contributed by atoms with E-state index in [1.54, 1.807) is 6.07 Å². The molecule has 6 nitrogen and oxygen atoms in total. The summed E-state index contributed by atoms with van der Waals surface area (Å²) in [5.41, 5.74) is 0.919. The van der Waals surface area contributed by atoms with E-state index in [-0.39, 0.29) is 30.5 Å². The molecule has 0 bridgehead atoms. The second-order valence-corrected chi connectivity index (χ2v) is 6.11. The number of ether oxygens (including phenoxy) is 1. The Morgan fingerprint density at radius 2 is 2.08 bits per heavy atom. The fourth-order valence-electron chi connectivity index (χ4n) is 3.13.